The monoisotopic (exact) mass is 309 g/mol. The largest absolute Gasteiger partial charge is 0.449 e. The molecule has 23 heavy (non-hydrogen) atoms. The normalized spacial score (nSPS) is 15.2. The summed E-state index contributed by atoms with van der Waals surface area (Å²) in [6.45, 7) is -0.245. The SMILES string of the molecule is NC(=O)CN1C(=O)/C(=C\c2ccccc2)Oc2ccc(N)cc21. The van der Waals surface area contributed by atoms with Crippen molar-refractivity contribution >= 4 is 29.3 Å². The van der Waals surface area contributed by atoms with Gasteiger partial charge in [0.05, 0.1) is 5.69 Å². The molecular weight excluding hydrogens is 294 g/mol. The molecule has 0 saturated carbocycles. The van der Waals surface area contributed by atoms with E-state index in [1.807, 2.05) is 30.3 Å². The van der Waals surface area contributed by atoms with Crippen molar-refractivity contribution in [2.24, 2.45) is 5.73 Å². The Morgan fingerprint density at radius 3 is 2.61 bits per heavy atom. The number of amides is 2. The Bertz CT molecular complexity index is 800. The first-order valence-corrected chi connectivity index (χ1v) is 6.99. The van der Waals surface area contributed by atoms with E-state index in [-0.39, 0.29) is 12.3 Å². The lowest BCUT2D eigenvalue weighted by atomic mass is 10.1. The maximum atomic E-state index is 12.6. The molecule has 0 unspecified atom stereocenters. The number of primary amides is 1. The van der Waals surface area contributed by atoms with Gasteiger partial charge in [-0.15, -0.1) is 0 Å². The molecule has 1 heterocycles. The Kier molecular flexibility index (Phi) is 3.72. The average Bonchev–Trinajstić information content (AvgIpc) is 2.53. The van der Waals surface area contributed by atoms with Gasteiger partial charge in [0.1, 0.15) is 6.54 Å². The van der Waals surface area contributed by atoms with Crippen LogP contribution in [0.5, 0.6) is 5.75 Å². The number of nitrogens with zero attached hydrogens (tertiary/aromatic N) is 1. The molecule has 1 aliphatic rings. The average molecular weight is 309 g/mol. The highest BCUT2D eigenvalue weighted by Gasteiger charge is 2.31. The number of rotatable bonds is 3. The molecule has 0 aliphatic carbocycles. The Hall–Kier alpha value is -3.28. The van der Waals surface area contributed by atoms with E-state index in [1.54, 1.807) is 24.3 Å². The minimum atomic E-state index is -0.618. The van der Waals surface area contributed by atoms with E-state index in [9.17, 15) is 9.59 Å². The minimum Gasteiger partial charge on any atom is -0.449 e. The van der Waals surface area contributed by atoms with Crippen LogP contribution in [-0.2, 0) is 9.59 Å². The van der Waals surface area contributed by atoms with Crippen molar-refractivity contribution in [3.63, 3.8) is 0 Å². The van der Waals surface area contributed by atoms with Crippen LogP contribution in [0.15, 0.2) is 54.3 Å². The molecule has 0 spiro atoms. The summed E-state index contributed by atoms with van der Waals surface area (Å²) in [6, 6.07) is 14.2. The topological polar surface area (TPSA) is 98.7 Å². The zero-order chi connectivity index (χ0) is 16.4. The first kappa shape index (κ1) is 14.6. The maximum Gasteiger partial charge on any atom is 0.294 e. The smallest absolute Gasteiger partial charge is 0.294 e. The van der Waals surface area contributed by atoms with Crippen molar-refractivity contribution in [3.05, 3.63) is 59.9 Å². The molecule has 116 valence electrons. The van der Waals surface area contributed by atoms with Crippen LogP contribution in [0.2, 0.25) is 0 Å². The molecule has 6 heteroatoms. The van der Waals surface area contributed by atoms with Gasteiger partial charge in [-0.25, -0.2) is 0 Å². The fourth-order valence-electron chi connectivity index (χ4n) is 2.34. The molecule has 0 fully saturated rings. The van der Waals surface area contributed by atoms with Crippen LogP contribution >= 0.6 is 0 Å². The standard InChI is InChI=1S/C17H15N3O3/c18-12-6-7-14-13(9-12)20(10-16(19)21)17(22)15(23-14)8-11-4-2-1-3-5-11/h1-9H,10,18H2,(H2,19,21)/b15-8+. The number of carbonyl (C=O) groups excluding carboxylic acids is 2. The van der Waals surface area contributed by atoms with Crippen LogP contribution in [0.25, 0.3) is 6.08 Å². The quantitative estimate of drug-likeness (QED) is 0.663. The first-order chi connectivity index (χ1) is 11.0. The van der Waals surface area contributed by atoms with Crippen LogP contribution in [0.1, 0.15) is 5.56 Å². The van der Waals surface area contributed by atoms with Gasteiger partial charge < -0.3 is 16.2 Å². The van der Waals surface area contributed by atoms with Gasteiger partial charge in [0.25, 0.3) is 5.91 Å². The van der Waals surface area contributed by atoms with Crippen molar-refractivity contribution in [2.75, 3.05) is 17.2 Å². The molecule has 2 aromatic carbocycles. The second kappa shape index (κ2) is 5.84. The van der Waals surface area contributed by atoms with Gasteiger partial charge in [0.2, 0.25) is 5.91 Å². The summed E-state index contributed by atoms with van der Waals surface area (Å²) >= 11 is 0. The van der Waals surface area contributed by atoms with Crippen molar-refractivity contribution in [2.45, 2.75) is 0 Å². The second-order valence-corrected chi connectivity index (χ2v) is 5.11. The lowest BCUT2D eigenvalue weighted by molar-refractivity contribution is -0.121. The number of hydrogen-bond acceptors (Lipinski definition) is 4. The highest BCUT2D eigenvalue weighted by molar-refractivity contribution is 6.12. The molecule has 3 rings (SSSR count). The molecule has 2 amide bonds. The third-order valence-corrected chi connectivity index (χ3v) is 3.36. The van der Waals surface area contributed by atoms with E-state index in [2.05, 4.69) is 0 Å². The van der Waals surface area contributed by atoms with Crippen molar-refractivity contribution in [1.82, 2.24) is 0 Å². The van der Waals surface area contributed by atoms with Gasteiger partial charge in [-0.3, -0.25) is 14.5 Å². The van der Waals surface area contributed by atoms with Crippen LogP contribution in [0.3, 0.4) is 0 Å². The summed E-state index contributed by atoms with van der Waals surface area (Å²) < 4.78 is 5.68. The number of anilines is 2. The molecule has 1 aliphatic heterocycles. The van der Waals surface area contributed by atoms with Gasteiger partial charge >= 0.3 is 0 Å². The molecule has 0 bridgehead atoms. The molecule has 0 radical (unpaired) electrons. The van der Waals surface area contributed by atoms with E-state index in [0.717, 1.165) is 5.56 Å². The number of nitrogen functional groups attached to an aromatic ring is 1. The van der Waals surface area contributed by atoms with Crippen molar-refractivity contribution in [3.8, 4) is 5.75 Å². The summed E-state index contributed by atoms with van der Waals surface area (Å²) in [7, 11) is 0. The summed E-state index contributed by atoms with van der Waals surface area (Å²) in [5.41, 5.74) is 12.7. The number of fused-ring (bicyclic) bond motifs is 1. The van der Waals surface area contributed by atoms with Crippen LogP contribution in [-0.4, -0.2) is 18.4 Å². The summed E-state index contributed by atoms with van der Waals surface area (Å²) in [6.07, 6.45) is 1.62. The van der Waals surface area contributed by atoms with Gasteiger partial charge in [-0.05, 0) is 29.8 Å². The highest BCUT2D eigenvalue weighted by atomic mass is 16.5. The highest BCUT2D eigenvalue weighted by Crippen LogP contribution is 2.37. The third-order valence-electron chi connectivity index (χ3n) is 3.36. The predicted molar refractivity (Wildman–Crippen MR) is 87.4 cm³/mol. The number of nitrogens with two attached hydrogens (primary N) is 2. The van der Waals surface area contributed by atoms with E-state index in [0.29, 0.717) is 17.1 Å². The lowest BCUT2D eigenvalue weighted by Gasteiger charge is -2.29. The van der Waals surface area contributed by atoms with Crippen LogP contribution in [0.4, 0.5) is 11.4 Å². The predicted octanol–water partition coefficient (Wildman–Crippen LogP) is 1.52. The summed E-state index contributed by atoms with van der Waals surface area (Å²) in [4.78, 5) is 25.2. The van der Waals surface area contributed by atoms with Crippen LogP contribution < -0.4 is 21.1 Å². The Balaban J connectivity index is 2.06. The van der Waals surface area contributed by atoms with Gasteiger partial charge in [0, 0.05) is 5.69 Å². The minimum absolute atomic E-state index is 0.120. The number of carbonyl (C=O) groups is 2. The van der Waals surface area contributed by atoms with Crippen molar-refractivity contribution < 1.29 is 14.3 Å². The Morgan fingerprint density at radius 1 is 1.17 bits per heavy atom. The fraction of sp³-hybridized carbons (Fsp3) is 0.0588. The van der Waals surface area contributed by atoms with Gasteiger partial charge in [-0.1, -0.05) is 30.3 Å². The molecule has 0 atom stereocenters. The molecule has 2 aromatic rings. The van der Waals surface area contributed by atoms with Crippen LogP contribution in [0, 0.1) is 0 Å². The molecule has 4 N–H and O–H groups in total. The summed E-state index contributed by atoms with van der Waals surface area (Å²) in [5, 5.41) is 0. The van der Waals surface area contributed by atoms with E-state index in [1.165, 1.54) is 4.90 Å². The zero-order valence-corrected chi connectivity index (χ0v) is 12.2. The summed E-state index contributed by atoms with van der Waals surface area (Å²) in [5.74, 6) is -0.490. The first-order valence-electron chi connectivity index (χ1n) is 6.99. The second-order valence-electron chi connectivity index (χ2n) is 5.11. The van der Waals surface area contributed by atoms with Crippen molar-refractivity contribution in [1.29, 1.82) is 0 Å². The number of ether oxygens (including phenoxy) is 1. The lowest BCUT2D eigenvalue weighted by Crippen LogP contribution is -2.42. The fourth-order valence-corrected chi connectivity index (χ4v) is 2.34. The van der Waals surface area contributed by atoms with E-state index < -0.39 is 11.8 Å². The van der Waals surface area contributed by atoms with E-state index >= 15 is 0 Å². The Morgan fingerprint density at radius 2 is 1.91 bits per heavy atom. The zero-order valence-electron chi connectivity index (χ0n) is 12.2. The molecule has 0 saturated heterocycles. The van der Waals surface area contributed by atoms with Gasteiger partial charge in [0.15, 0.2) is 11.5 Å². The molecule has 6 nitrogen and oxygen atoms in total. The molecule has 0 aromatic heterocycles. The van der Waals surface area contributed by atoms with Gasteiger partial charge in [-0.2, -0.15) is 0 Å². The third kappa shape index (κ3) is 3.01. The number of hydrogen-bond donors (Lipinski definition) is 2. The maximum absolute atomic E-state index is 12.6. The Labute approximate surface area is 132 Å². The van der Waals surface area contributed by atoms with E-state index in [4.69, 9.17) is 16.2 Å². The number of benzene rings is 2. The molecular formula is C17H15N3O3.